The number of benzene rings is 2. The van der Waals surface area contributed by atoms with E-state index in [0.717, 1.165) is 56.2 Å². The van der Waals surface area contributed by atoms with Crippen molar-refractivity contribution in [3.05, 3.63) is 59.8 Å². The van der Waals surface area contributed by atoms with E-state index < -0.39 is 5.60 Å². The minimum Gasteiger partial charge on any atom is -0.436 e. The molecule has 2 saturated heterocycles. The number of piperidine rings is 1. The summed E-state index contributed by atoms with van der Waals surface area (Å²) in [6.07, 6.45) is 2.41. The van der Waals surface area contributed by atoms with Crippen LogP contribution in [0.4, 0.5) is 16.2 Å². The number of amides is 1. The maximum atomic E-state index is 12.4. The van der Waals surface area contributed by atoms with Gasteiger partial charge in [-0.1, -0.05) is 42.1 Å². The largest absolute Gasteiger partial charge is 0.436 e. The molecular formula is C26H30ClN3O2S. The highest BCUT2D eigenvalue weighted by Gasteiger charge is 2.51. The fraction of sp³-hybridized carbons (Fsp3) is 0.423. The summed E-state index contributed by atoms with van der Waals surface area (Å²) in [6, 6.07) is 14.8. The van der Waals surface area contributed by atoms with Gasteiger partial charge >= 0.3 is 6.09 Å². The summed E-state index contributed by atoms with van der Waals surface area (Å²) in [4.78, 5) is 21.5. The highest BCUT2D eigenvalue weighted by molar-refractivity contribution is 7.99. The van der Waals surface area contributed by atoms with Gasteiger partial charge in [0.1, 0.15) is 0 Å². The van der Waals surface area contributed by atoms with Crippen LogP contribution in [-0.2, 0) is 4.74 Å². The molecule has 0 unspecified atom stereocenters. The quantitative estimate of drug-likeness (QED) is 0.482. The number of rotatable bonds is 5. The third-order valence-electron chi connectivity index (χ3n) is 6.92. The van der Waals surface area contributed by atoms with Crippen LogP contribution in [0.5, 0.6) is 0 Å². The first-order chi connectivity index (χ1) is 15.9. The molecular weight excluding hydrogens is 454 g/mol. The van der Waals surface area contributed by atoms with Crippen molar-refractivity contribution in [1.29, 1.82) is 0 Å². The Balaban J connectivity index is 1.22. The molecule has 33 heavy (non-hydrogen) atoms. The second kappa shape index (κ2) is 8.90. The Labute approximate surface area is 205 Å². The zero-order valence-electron chi connectivity index (χ0n) is 19.2. The average Bonchev–Trinajstić information content (AvgIpc) is 3.04. The molecule has 174 valence electrons. The molecule has 1 spiro atoms. The van der Waals surface area contributed by atoms with Crippen LogP contribution in [0.1, 0.15) is 33.1 Å². The molecule has 5 nitrogen and oxygen atoms in total. The lowest BCUT2D eigenvalue weighted by Crippen LogP contribution is -2.46. The van der Waals surface area contributed by atoms with Crippen molar-refractivity contribution < 1.29 is 9.53 Å². The van der Waals surface area contributed by atoms with E-state index in [4.69, 9.17) is 16.3 Å². The first kappa shape index (κ1) is 22.6. The van der Waals surface area contributed by atoms with Crippen LogP contribution in [0.2, 0.25) is 5.02 Å². The topological polar surface area (TPSA) is 36.0 Å². The predicted molar refractivity (Wildman–Crippen MR) is 135 cm³/mol. The van der Waals surface area contributed by atoms with Gasteiger partial charge in [-0.3, -0.25) is 4.90 Å². The van der Waals surface area contributed by atoms with Crippen molar-refractivity contribution >= 4 is 40.8 Å². The van der Waals surface area contributed by atoms with Gasteiger partial charge in [0.15, 0.2) is 5.60 Å². The van der Waals surface area contributed by atoms with Gasteiger partial charge in [-0.15, -0.1) is 0 Å². The first-order valence-corrected chi connectivity index (χ1v) is 12.9. The van der Waals surface area contributed by atoms with E-state index in [0.29, 0.717) is 0 Å². The molecule has 2 fully saturated rings. The molecule has 0 aliphatic carbocycles. The predicted octanol–water partition coefficient (Wildman–Crippen LogP) is 6.54. The lowest BCUT2D eigenvalue weighted by Gasteiger charge is -2.39. The molecule has 3 aliphatic heterocycles. The number of carbonyl (C=O) groups excluding carboxylic acids is 1. The molecule has 0 bridgehead atoms. The van der Waals surface area contributed by atoms with E-state index in [2.05, 4.69) is 52.8 Å². The number of anilines is 2. The molecule has 0 saturated carbocycles. The van der Waals surface area contributed by atoms with Crippen LogP contribution < -0.4 is 4.90 Å². The molecule has 1 amide bonds. The Hall–Kier alpha value is -2.15. The molecule has 2 aromatic rings. The lowest BCUT2D eigenvalue weighted by atomic mass is 9.88. The number of para-hydroxylation sites is 1. The summed E-state index contributed by atoms with van der Waals surface area (Å²) in [5, 5.41) is 0.766. The van der Waals surface area contributed by atoms with Gasteiger partial charge in [0, 0.05) is 53.3 Å². The number of likely N-dealkylation sites (tertiary alicyclic amines) is 1. The highest BCUT2D eigenvalue weighted by Crippen LogP contribution is 2.48. The molecule has 0 aromatic heterocycles. The van der Waals surface area contributed by atoms with Crippen LogP contribution in [-0.4, -0.2) is 53.7 Å². The smallest absolute Gasteiger partial charge is 0.415 e. The van der Waals surface area contributed by atoms with E-state index in [1.54, 1.807) is 16.7 Å². The monoisotopic (exact) mass is 483 g/mol. The third-order valence-corrected chi connectivity index (χ3v) is 8.29. The maximum Gasteiger partial charge on any atom is 0.415 e. The van der Waals surface area contributed by atoms with Crippen molar-refractivity contribution in [2.75, 3.05) is 31.1 Å². The molecule has 5 rings (SSSR count). The number of hydrogen-bond donors (Lipinski definition) is 0. The molecule has 3 heterocycles. The number of hydrogen-bond acceptors (Lipinski definition) is 5. The van der Waals surface area contributed by atoms with Gasteiger partial charge in [0.25, 0.3) is 0 Å². The molecule has 0 N–H and O–H groups in total. The van der Waals surface area contributed by atoms with E-state index in [1.807, 2.05) is 19.9 Å². The van der Waals surface area contributed by atoms with Gasteiger partial charge < -0.3 is 14.5 Å². The van der Waals surface area contributed by atoms with Gasteiger partial charge in [-0.05, 0) is 57.1 Å². The Bertz CT molecular complexity index is 1080. The average molecular weight is 484 g/mol. The number of carbonyl (C=O) groups is 1. The first-order valence-electron chi connectivity index (χ1n) is 11.7. The van der Waals surface area contributed by atoms with Crippen LogP contribution in [0, 0.1) is 0 Å². The molecule has 0 atom stereocenters. The van der Waals surface area contributed by atoms with Crippen molar-refractivity contribution in [2.45, 2.75) is 54.5 Å². The maximum absolute atomic E-state index is 12.4. The standard InChI is InChI=1S/C26H30ClN3O2S/c1-18(2)30-19(3)26(32-25(30)31)11-15-28(16-12-26)13-6-14-29-21-7-4-5-8-23(21)33-24-10-9-20(27)17-22(24)29/h4-5,7-10,17-18H,3,6,11-16H2,1-2H3. The fourth-order valence-electron chi connectivity index (χ4n) is 5.15. The van der Waals surface area contributed by atoms with E-state index in [9.17, 15) is 4.79 Å². The van der Waals surface area contributed by atoms with Gasteiger partial charge in [-0.2, -0.15) is 0 Å². The van der Waals surface area contributed by atoms with E-state index in [-0.39, 0.29) is 12.1 Å². The summed E-state index contributed by atoms with van der Waals surface area (Å²) in [7, 11) is 0. The van der Waals surface area contributed by atoms with Crippen LogP contribution in [0.25, 0.3) is 0 Å². The Morgan fingerprint density at radius 1 is 1.09 bits per heavy atom. The SMILES string of the molecule is C=C1N(C(C)C)C(=O)OC12CCN(CCCN1c3ccccc3Sc3ccc(Cl)cc31)CC2. The zero-order valence-corrected chi connectivity index (χ0v) is 20.8. The Morgan fingerprint density at radius 2 is 1.82 bits per heavy atom. The van der Waals surface area contributed by atoms with Gasteiger partial charge in [0.2, 0.25) is 0 Å². The van der Waals surface area contributed by atoms with Gasteiger partial charge in [-0.25, -0.2) is 4.79 Å². The molecule has 0 radical (unpaired) electrons. The van der Waals surface area contributed by atoms with Crippen molar-refractivity contribution in [3.8, 4) is 0 Å². The molecule has 7 heteroatoms. The second-order valence-electron chi connectivity index (χ2n) is 9.30. The molecule has 3 aliphatic rings. The van der Waals surface area contributed by atoms with Crippen LogP contribution in [0.15, 0.2) is 64.5 Å². The van der Waals surface area contributed by atoms with E-state index >= 15 is 0 Å². The van der Waals surface area contributed by atoms with Crippen molar-refractivity contribution in [2.24, 2.45) is 0 Å². The van der Waals surface area contributed by atoms with Crippen molar-refractivity contribution in [1.82, 2.24) is 9.80 Å². The lowest BCUT2D eigenvalue weighted by molar-refractivity contribution is 0.0146. The minimum absolute atomic E-state index is 0.0735. The second-order valence-corrected chi connectivity index (χ2v) is 10.8. The number of halogens is 1. The summed E-state index contributed by atoms with van der Waals surface area (Å²) < 4.78 is 5.85. The Morgan fingerprint density at radius 3 is 2.55 bits per heavy atom. The zero-order chi connectivity index (χ0) is 23.2. The summed E-state index contributed by atoms with van der Waals surface area (Å²) in [6.45, 7) is 12.0. The number of nitrogens with zero attached hydrogens (tertiary/aromatic N) is 3. The fourth-order valence-corrected chi connectivity index (χ4v) is 6.39. The van der Waals surface area contributed by atoms with Crippen molar-refractivity contribution in [3.63, 3.8) is 0 Å². The number of fused-ring (bicyclic) bond motifs is 2. The summed E-state index contributed by atoms with van der Waals surface area (Å²) >= 11 is 8.15. The van der Waals surface area contributed by atoms with Crippen LogP contribution in [0.3, 0.4) is 0 Å². The number of ether oxygens (including phenoxy) is 1. The van der Waals surface area contributed by atoms with Gasteiger partial charge in [0.05, 0.1) is 17.1 Å². The normalized spacial score (nSPS) is 19.8. The summed E-state index contributed by atoms with van der Waals surface area (Å²) in [5.41, 5.74) is 2.75. The summed E-state index contributed by atoms with van der Waals surface area (Å²) in [5.74, 6) is 0. The van der Waals surface area contributed by atoms with E-state index in [1.165, 1.54) is 21.2 Å². The Kier molecular flexibility index (Phi) is 6.10. The minimum atomic E-state index is -0.517. The van der Waals surface area contributed by atoms with Crippen LogP contribution >= 0.6 is 23.4 Å². The third kappa shape index (κ3) is 4.13. The molecule has 2 aromatic carbocycles. The highest BCUT2D eigenvalue weighted by atomic mass is 35.5.